The van der Waals surface area contributed by atoms with Crippen LogP contribution in [-0.4, -0.2) is 23.7 Å². The molecule has 1 rings (SSSR count). The zero-order valence-electron chi connectivity index (χ0n) is 3.55. The van der Waals surface area contributed by atoms with Crippen molar-refractivity contribution in [1.29, 1.82) is 0 Å². The molecule has 1 fully saturated rings. The third kappa shape index (κ3) is 0.703. The van der Waals surface area contributed by atoms with Crippen LogP contribution >= 0.6 is 0 Å². The lowest BCUT2D eigenvalue weighted by Crippen LogP contribution is -2.51. The average Bonchev–Trinajstić information content (AvgIpc) is 1.23. The predicted molar refractivity (Wildman–Crippen MR) is 20.5 cm³/mol. The van der Waals surface area contributed by atoms with Crippen molar-refractivity contribution in [3.63, 3.8) is 0 Å². The van der Waals surface area contributed by atoms with E-state index in [1.165, 1.54) is 0 Å². The molecule has 1 atom stereocenters. The number of hydroxylamine groups is 1. The molecule has 4 nitrogen and oxygen atoms in total. The molecule has 40 valence electrons. The minimum absolute atomic E-state index is 0.287. The number of hydrogen-bond acceptors (Lipinski definition) is 3. The fraction of sp³-hybridized carbons (Fsp3) is 0.667. The number of carbonyl (C=O) groups is 1. The summed E-state index contributed by atoms with van der Waals surface area (Å²) >= 11 is 0. The molecule has 1 saturated heterocycles. The van der Waals surface area contributed by atoms with Crippen molar-refractivity contribution < 1.29 is 14.7 Å². The quantitative estimate of drug-likeness (QED) is 0.445. The highest BCUT2D eigenvalue weighted by Crippen LogP contribution is 1.93. The van der Waals surface area contributed by atoms with Gasteiger partial charge in [-0.2, -0.15) is 5.48 Å². The molecule has 0 saturated carbocycles. The van der Waals surface area contributed by atoms with E-state index in [1.54, 1.807) is 0 Å². The molecule has 0 aromatic carbocycles. The van der Waals surface area contributed by atoms with Crippen molar-refractivity contribution in [2.24, 2.45) is 0 Å². The summed E-state index contributed by atoms with van der Waals surface area (Å²) in [6.45, 7) is 0.287. The molecule has 1 unspecified atom stereocenters. The van der Waals surface area contributed by atoms with Gasteiger partial charge in [0.2, 0.25) is 0 Å². The molecule has 4 heteroatoms. The molecule has 0 spiro atoms. The fourth-order valence-electron chi connectivity index (χ4n) is 0.288. The van der Waals surface area contributed by atoms with Crippen LogP contribution in [0.5, 0.6) is 0 Å². The van der Waals surface area contributed by atoms with Gasteiger partial charge in [0.05, 0.1) is 6.61 Å². The van der Waals surface area contributed by atoms with Gasteiger partial charge < -0.3 is 5.11 Å². The summed E-state index contributed by atoms with van der Waals surface area (Å²) in [5, 5.41) is 8.09. The maximum absolute atomic E-state index is 9.84. The van der Waals surface area contributed by atoms with E-state index >= 15 is 0 Å². The zero-order valence-corrected chi connectivity index (χ0v) is 3.55. The van der Waals surface area contributed by atoms with Gasteiger partial charge in [-0.25, -0.2) is 0 Å². The van der Waals surface area contributed by atoms with Gasteiger partial charge in [-0.3, -0.25) is 9.63 Å². The Hall–Kier alpha value is -0.610. The first-order valence-corrected chi connectivity index (χ1v) is 1.91. The minimum atomic E-state index is -0.855. The number of nitrogens with one attached hydrogen (secondary N) is 1. The SMILES string of the molecule is O=C(O)C1CON1. The fourth-order valence-corrected chi connectivity index (χ4v) is 0.288. The first kappa shape index (κ1) is 4.55. The Morgan fingerprint density at radius 2 is 2.57 bits per heavy atom. The van der Waals surface area contributed by atoms with Gasteiger partial charge in [-0.15, -0.1) is 0 Å². The van der Waals surface area contributed by atoms with Gasteiger partial charge in [0.1, 0.15) is 0 Å². The number of carboxylic acid groups (broad SMARTS) is 1. The molecule has 0 amide bonds. The Morgan fingerprint density at radius 1 is 2.00 bits per heavy atom. The van der Waals surface area contributed by atoms with Crippen molar-refractivity contribution in [1.82, 2.24) is 5.48 Å². The Bertz CT molecular complexity index is 88.2. The first-order valence-electron chi connectivity index (χ1n) is 1.91. The van der Waals surface area contributed by atoms with Crippen molar-refractivity contribution in [3.05, 3.63) is 0 Å². The van der Waals surface area contributed by atoms with Crippen LogP contribution in [0.3, 0.4) is 0 Å². The molecular weight excluding hydrogens is 98.0 g/mol. The molecule has 2 N–H and O–H groups in total. The molecule has 0 aromatic heterocycles. The molecule has 0 aliphatic carbocycles. The lowest BCUT2D eigenvalue weighted by molar-refractivity contribution is -0.164. The Labute approximate surface area is 40.0 Å². The Morgan fingerprint density at radius 3 is 2.57 bits per heavy atom. The number of aliphatic carboxylic acids is 1. The maximum Gasteiger partial charge on any atom is 0.325 e. The second-order valence-corrected chi connectivity index (χ2v) is 1.32. The average molecular weight is 103 g/mol. The van der Waals surface area contributed by atoms with E-state index in [9.17, 15) is 4.79 Å². The van der Waals surface area contributed by atoms with Crippen LogP contribution < -0.4 is 5.48 Å². The normalized spacial score (nSPS) is 28.9. The Kier molecular flexibility index (Phi) is 0.958. The maximum atomic E-state index is 9.84. The van der Waals surface area contributed by atoms with Gasteiger partial charge >= 0.3 is 5.97 Å². The number of rotatable bonds is 1. The largest absolute Gasteiger partial charge is 0.480 e. The first-order chi connectivity index (χ1) is 3.30. The second kappa shape index (κ2) is 1.48. The van der Waals surface area contributed by atoms with Gasteiger partial charge in [0, 0.05) is 0 Å². The van der Waals surface area contributed by atoms with Crippen LogP contribution in [0.2, 0.25) is 0 Å². The van der Waals surface area contributed by atoms with Crippen LogP contribution in [0.25, 0.3) is 0 Å². The van der Waals surface area contributed by atoms with Crippen LogP contribution in [-0.2, 0) is 9.63 Å². The van der Waals surface area contributed by atoms with Gasteiger partial charge in [0.25, 0.3) is 0 Å². The summed E-state index contributed by atoms with van der Waals surface area (Å²) in [5.74, 6) is -0.855. The van der Waals surface area contributed by atoms with Gasteiger partial charge in [-0.1, -0.05) is 0 Å². The van der Waals surface area contributed by atoms with E-state index in [2.05, 4.69) is 10.3 Å². The van der Waals surface area contributed by atoms with Crippen LogP contribution in [0.4, 0.5) is 0 Å². The molecule has 0 bridgehead atoms. The number of carboxylic acids is 1. The second-order valence-electron chi connectivity index (χ2n) is 1.32. The van der Waals surface area contributed by atoms with E-state index in [-0.39, 0.29) is 6.61 Å². The molecule has 1 aliphatic heterocycles. The summed E-state index contributed by atoms with van der Waals surface area (Å²) in [5.41, 5.74) is 2.25. The lowest BCUT2D eigenvalue weighted by Gasteiger charge is -2.22. The number of hydrogen-bond donors (Lipinski definition) is 2. The summed E-state index contributed by atoms with van der Waals surface area (Å²) < 4.78 is 0. The van der Waals surface area contributed by atoms with Gasteiger partial charge in [-0.05, 0) is 0 Å². The van der Waals surface area contributed by atoms with E-state index in [0.717, 1.165) is 0 Å². The monoisotopic (exact) mass is 103 g/mol. The zero-order chi connectivity index (χ0) is 5.28. The summed E-state index contributed by atoms with van der Waals surface area (Å²) in [6.07, 6.45) is 0. The summed E-state index contributed by atoms with van der Waals surface area (Å²) in [6, 6.07) is -0.472. The third-order valence-electron chi connectivity index (χ3n) is 0.774. The van der Waals surface area contributed by atoms with Crippen molar-refractivity contribution in [2.45, 2.75) is 6.04 Å². The molecule has 7 heavy (non-hydrogen) atoms. The van der Waals surface area contributed by atoms with E-state index in [1.807, 2.05) is 0 Å². The lowest BCUT2D eigenvalue weighted by atomic mass is 10.3. The van der Waals surface area contributed by atoms with E-state index in [4.69, 9.17) is 5.11 Å². The topological polar surface area (TPSA) is 58.6 Å². The van der Waals surface area contributed by atoms with Crippen LogP contribution in [0.15, 0.2) is 0 Å². The standard InChI is InChI=1S/C3H5NO3/c5-3(6)2-1-7-4-2/h2,4H,1H2,(H,5,6). The summed E-state index contributed by atoms with van der Waals surface area (Å²) in [7, 11) is 0. The highest BCUT2D eigenvalue weighted by atomic mass is 16.7. The van der Waals surface area contributed by atoms with Crippen molar-refractivity contribution >= 4 is 5.97 Å². The Balaban J connectivity index is 2.27. The van der Waals surface area contributed by atoms with Gasteiger partial charge in [0.15, 0.2) is 6.04 Å². The van der Waals surface area contributed by atoms with E-state index in [0.29, 0.717) is 0 Å². The van der Waals surface area contributed by atoms with Crippen LogP contribution in [0.1, 0.15) is 0 Å². The third-order valence-corrected chi connectivity index (χ3v) is 0.774. The highest BCUT2D eigenvalue weighted by Gasteiger charge is 2.24. The smallest absolute Gasteiger partial charge is 0.325 e. The van der Waals surface area contributed by atoms with Crippen LogP contribution in [0, 0.1) is 0 Å². The van der Waals surface area contributed by atoms with Crippen molar-refractivity contribution in [3.8, 4) is 0 Å². The minimum Gasteiger partial charge on any atom is -0.480 e. The summed E-state index contributed by atoms with van der Waals surface area (Å²) in [4.78, 5) is 14.2. The molecular formula is C3H5NO3. The molecule has 1 aliphatic rings. The van der Waals surface area contributed by atoms with Crippen molar-refractivity contribution in [2.75, 3.05) is 6.61 Å². The predicted octanol–water partition coefficient (Wildman–Crippen LogP) is -1.03. The molecule has 1 heterocycles. The highest BCUT2D eigenvalue weighted by molar-refractivity contribution is 5.74. The molecule has 0 aromatic rings. The molecule has 0 radical (unpaired) electrons. The van der Waals surface area contributed by atoms with E-state index < -0.39 is 12.0 Å².